The fourth-order valence-electron chi connectivity index (χ4n) is 2.76. The Hall–Kier alpha value is -2.77. The van der Waals surface area contributed by atoms with E-state index in [2.05, 4.69) is 15.0 Å². The average Bonchev–Trinajstić information content (AvgIpc) is 3.07. The summed E-state index contributed by atoms with van der Waals surface area (Å²) in [6.07, 6.45) is 1.46. The number of hydrogen-bond acceptors (Lipinski definition) is 4. The Kier molecular flexibility index (Phi) is 4.41. The number of halogens is 2. The van der Waals surface area contributed by atoms with Crippen molar-refractivity contribution in [2.24, 2.45) is 0 Å². The first-order chi connectivity index (χ1) is 12.9. The maximum atomic E-state index is 13.9. The molecule has 0 aliphatic heterocycles. The predicted molar refractivity (Wildman–Crippen MR) is 102 cm³/mol. The van der Waals surface area contributed by atoms with Gasteiger partial charge in [-0.3, -0.25) is 0 Å². The quantitative estimate of drug-likeness (QED) is 0.550. The highest BCUT2D eigenvalue weighted by atomic mass is 35.5. The summed E-state index contributed by atoms with van der Waals surface area (Å²) >= 11 is 6.08. The van der Waals surface area contributed by atoms with Gasteiger partial charge in [-0.25, -0.2) is 22.8 Å². The Morgan fingerprint density at radius 2 is 1.89 bits per heavy atom. The third-order valence-electron chi connectivity index (χ3n) is 4.10. The van der Waals surface area contributed by atoms with E-state index in [0.29, 0.717) is 21.6 Å². The molecule has 0 unspecified atom stereocenters. The number of H-pyrrole nitrogens is 1. The molecule has 2 aromatic carbocycles. The highest BCUT2D eigenvalue weighted by Gasteiger charge is 2.19. The minimum absolute atomic E-state index is 0.0779. The number of imidazole rings is 1. The summed E-state index contributed by atoms with van der Waals surface area (Å²) in [6, 6.07) is 14.1. The van der Waals surface area contributed by atoms with E-state index in [1.165, 1.54) is 30.5 Å². The molecule has 0 spiro atoms. The summed E-state index contributed by atoms with van der Waals surface area (Å²) < 4.78 is 39.4. The van der Waals surface area contributed by atoms with Gasteiger partial charge in [0.15, 0.2) is 21.5 Å². The minimum atomic E-state index is -3.61. The number of benzene rings is 2. The molecule has 5 nitrogen and oxygen atoms in total. The Balaban J connectivity index is 1.73. The van der Waals surface area contributed by atoms with Crippen molar-refractivity contribution in [3.63, 3.8) is 0 Å². The van der Waals surface area contributed by atoms with Crippen molar-refractivity contribution in [3.05, 3.63) is 77.2 Å². The van der Waals surface area contributed by atoms with Gasteiger partial charge in [0.2, 0.25) is 0 Å². The van der Waals surface area contributed by atoms with Crippen LogP contribution in [0.25, 0.3) is 22.6 Å². The number of aromatic amines is 1. The van der Waals surface area contributed by atoms with Crippen LogP contribution in [0.3, 0.4) is 0 Å². The van der Waals surface area contributed by atoms with Crippen LogP contribution in [0.5, 0.6) is 0 Å². The number of rotatable bonds is 4. The van der Waals surface area contributed by atoms with Gasteiger partial charge in [0.1, 0.15) is 5.69 Å². The Labute approximate surface area is 159 Å². The summed E-state index contributed by atoms with van der Waals surface area (Å²) in [4.78, 5) is 11.3. The van der Waals surface area contributed by atoms with Crippen LogP contribution in [0, 0.1) is 5.82 Å². The Morgan fingerprint density at radius 3 is 2.67 bits per heavy atom. The van der Waals surface area contributed by atoms with Crippen molar-refractivity contribution in [1.82, 2.24) is 15.0 Å². The van der Waals surface area contributed by atoms with Gasteiger partial charge < -0.3 is 4.98 Å². The first-order valence-corrected chi connectivity index (χ1v) is 10.0. The second-order valence-electron chi connectivity index (χ2n) is 5.95. The number of aromatic nitrogens is 3. The maximum Gasteiger partial charge on any atom is 0.182 e. The van der Waals surface area contributed by atoms with Gasteiger partial charge in [0.05, 0.1) is 21.7 Å². The minimum Gasteiger partial charge on any atom is -0.337 e. The second-order valence-corrected chi connectivity index (χ2v) is 8.35. The predicted octanol–water partition coefficient (Wildman–Crippen LogP) is 4.39. The molecule has 0 atom stereocenters. The van der Waals surface area contributed by atoms with Gasteiger partial charge in [-0.2, -0.15) is 0 Å². The van der Waals surface area contributed by atoms with Crippen LogP contribution in [0.15, 0.2) is 65.7 Å². The molecule has 1 N–H and O–H groups in total. The number of nitrogens with one attached hydrogen (secondary N) is 1. The molecular formula is C19H13ClFN3O2S. The molecule has 8 heteroatoms. The molecule has 0 amide bonds. The number of hydrogen-bond donors (Lipinski definition) is 1. The number of nitrogens with zero attached hydrogens (tertiary/aromatic N) is 2. The zero-order valence-electron chi connectivity index (χ0n) is 13.9. The molecule has 2 aromatic heterocycles. The van der Waals surface area contributed by atoms with Gasteiger partial charge in [-0.15, -0.1) is 0 Å². The molecule has 0 aliphatic carbocycles. The van der Waals surface area contributed by atoms with E-state index < -0.39 is 15.7 Å². The fourth-order valence-corrected chi connectivity index (χ4v) is 4.44. The fraction of sp³-hybridized carbons (Fsp3) is 0.0526. The van der Waals surface area contributed by atoms with E-state index in [4.69, 9.17) is 11.6 Å². The molecule has 136 valence electrons. The zero-order chi connectivity index (χ0) is 19.0. The van der Waals surface area contributed by atoms with Gasteiger partial charge in [0.25, 0.3) is 0 Å². The van der Waals surface area contributed by atoms with Crippen molar-refractivity contribution in [2.45, 2.75) is 10.6 Å². The summed E-state index contributed by atoms with van der Waals surface area (Å²) in [5.41, 5.74) is 1.61. The largest absolute Gasteiger partial charge is 0.337 e. The molecule has 2 heterocycles. The van der Waals surface area contributed by atoms with Crippen LogP contribution in [0.4, 0.5) is 4.39 Å². The van der Waals surface area contributed by atoms with Crippen LogP contribution in [0.2, 0.25) is 5.02 Å². The van der Waals surface area contributed by atoms with Crippen molar-refractivity contribution in [2.75, 3.05) is 0 Å². The van der Waals surface area contributed by atoms with Crippen molar-refractivity contribution >= 4 is 32.5 Å². The number of fused-ring (bicyclic) bond motifs is 1. The van der Waals surface area contributed by atoms with Gasteiger partial charge in [-0.1, -0.05) is 29.8 Å². The molecule has 0 bridgehead atoms. The van der Waals surface area contributed by atoms with Crippen molar-refractivity contribution < 1.29 is 12.8 Å². The molecule has 0 saturated carbocycles. The molecule has 4 aromatic rings. The molecule has 0 fully saturated rings. The highest BCUT2D eigenvalue weighted by Crippen LogP contribution is 2.26. The Bertz CT molecular complexity index is 1250. The van der Waals surface area contributed by atoms with Gasteiger partial charge in [-0.05, 0) is 42.0 Å². The Morgan fingerprint density at radius 1 is 1.07 bits per heavy atom. The molecular weight excluding hydrogens is 389 g/mol. The molecule has 0 saturated heterocycles. The zero-order valence-corrected chi connectivity index (χ0v) is 15.4. The van der Waals surface area contributed by atoms with Gasteiger partial charge >= 0.3 is 0 Å². The molecule has 0 aliphatic rings. The molecule has 0 radical (unpaired) electrons. The standard InChI is InChI=1S/C19H13ClFN3O2S/c20-14-5-2-1-4-12(14)11-27(25,26)13-7-8-16-17(10-13)24-19(23-16)18-15(21)6-3-9-22-18/h1-10H,11H2,(H,23,24). The molecule has 4 rings (SSSR count). The lowest BCUT2D eigenvalue weighted by Crippen LogP contribution is -2.05. The first-order valence-electron chi connectivity index (χ1n) is 8.01. The maximum absolute atomic E-state index is 13.9. The van der Waals surface area contributed by atoms with Crippen LogP contribution >= 0.6 is 11.6 Å². The number of sulfone groups is 1. The third-order valence-corrected chi connectivity index (χ3v) is 6.13. The monoisotopic (exact) mass is 401 g/mol. The van der Waals surface area contributed by atoms with Crippen LogP contribution in [-0.2, 0) is 15.6 Å². The van der Waals surface area contributed by atoms with E-state index in [9.17, 15) is 12.8 Å². The smallest absolute Gasteiger partial charge is 0.182 e. The summed E-state index contributed by atoms with van der Waals surface area (Å²) in [7, 11) is -3.61. The SMILES string of the molecule is O=S(=O)(Cc1ccccc1Cl)c1ccc2nc(-c3ncccc3F)[nH]c2c1. The van der Waals surface area contributed by atoms with E-state index in [0.717, 1.165) is 0 Å². The van der Waals surface area contributed by atoms with E-state index in [1.807, 2.05) is 0 Å². The van der Waals surface area contributed by atoms with E-state index >= 15 is 0 Å². The van der Waals surface area contributed by atoms with Crippen molar-refractivity contribution in [1.29, 1.82) is 0 Å². The van der Waals surface area contributed by atoms with Crippen molar-refractivity contribution in [3.8, 4) is 11.5 Å². The van der Waals surface area contributed by atoms with Crippen LogP contribution in [-0.4, -0.2) is 23.4 Å². The summed E-state index contributed by atoms with van der Waals surface area (Å²) in [5.74, 6) is -0.486. The highest BCUT2D eigenvalue weighted by molar-refractivity contribution is 7.90. The van der Waals surface area contributed by atoms with Gasteiger partial charge in [0, 0.05) is 11.2 Å². The lowest BCUT2D eigenvalue weighted by atomic mass is 10.2. The molecule has 27 heavy (non-hydrogen) atoms. The van der Waals surface area contributed by atoms with E-state index in [1.54, 1.807) is 30.3 Å². The normalized spacial score (nSPS) is 11.8. The first kappa shape index (κ1) is 17.6. The second kappa shape index (κ2) is 6.75. The third kappa shape index (κ3) is 3.43. The average molecular weight is 402 g/mol. The topological polar surface area (TPSA) is 75.7 Å². The van der Waals surface area contributed by atoms with E-state index in [-0.39, 0.29) is 22.2 Å². The summed E-state index contributed by atoms with van der Waals surface area (Å²) in [5, 5.41) is 0.400. The lowest BCUT2D eigenvalue weighted by Gasteiger charge is -2.06. The van der Waals surface area contributed by atoms with Crippen LogP contribution in [0.1, 0.15) is 5.56 Å². The number of pyridine rings is 1. The lowest BCUT2D eigenvalue weighted by molar-refractivity contribution is 0.595. The summed E-state index contributed by atoms with van der Waals surface area (Å²) in [6.45, 7) is 0. The van der Waals surface area contributed by atoms with Crippen LogP contribution < -0.4 is 0 Å².